The van der Waals surface area contributed by atoms with Crippen molar-refractivity contribution in [2.75, 3.05) is 6.54 Å². The first-order valence-corrected chi connectivity index (χ1v) is 5.92. The fraction of sp³-hybridized carbons (Fsp3) is 0.357. The molecule has 1 aromatic carbocycles. The molecule has 0 amide bonds. The summed E-state index contributed by atoms with van der Waals surface area (Å²) < 4.78 is 1.92. The van der Waals surface area contributed by atoms with E-state index in [0.717, 1.165) is 6.42 Å². The molecule has 0 aliphatic heterocycles. The fourth-order valence-corrected chi connectivity index (χ4v) is 2.24. The van der Waals surface area contributed by atoms with E-state index in [-0.39, 0.29) is 0 Å². The fourth-order valence-electron chi connectivity index (χ4n) is 2.24. The molecular weight excluding hydrogens is 210 g/mol. The van der Waals surface area contributed by atoms with Crippen molar-refractivity contribution in [2.45, 2.75) is 20.3 Å². The molecule has 0 radical (unpaired) electrons. The molecular formula is C14H19N3. The van der Waals surface area contributed by atoms with Gasteiger partial charge in [0.1, 0.15) is 0 Å². The van der Waals surface area contributed by atoms with Crippen molar-refractivity contribution in [3.63, 3.8) is 0 Å². The Morgan fingerprint density at radius 3 is 2.65 bits per heavy atom. The highest BCUT2D eigenvalue weighted by Crippen LogP contribution is 2.27. The van der Waals surface area contributed by atoms with Gasteiger partial charge in [0.15, 0.2) is 0 Å². The second-order valence-corrected chi connectivity index (χ2v) is 4.49. The standard InChI is InChI=1S/C14H19N3/c1-10-4-5-12(11(2)8-10)13-9-16-17(3)14(13)6-7-15/h4-5,8-9H,6-7,15H2,1-3H3. The first kappa shape index (κ1) is 11.9. The monoisotopic (exact) mass is 229 g/mol. The molecule has 1 aromatic heterocycles. The van der Waals surface area contributed by atoms with E-state index >= 15 is 0 Å². The minimum atomic E-state index is 0.650. The van der Waals surface area contributed by atoms with Crippen molar-refractivity contribution in [1.29, 1.82) is 0 Å². The zero-order valence-corrected chi connectivity index (χ0v) is 10.7. The van der Waals surface area contributed by atoms with Crippen LogP contribution < -0.4 is 5.73 Å². The molecule has 0 aliphatic rings. The van der Waals surface area contributed by atoms with Crippen molar-refractivity contribution in [1.82, 2.24) is 9.78 Å². The summed E-state index contributed by atoms with van der Waals surface area (Å²) in [6, 6.07) is 6.51. The predicted octanol–water partition coefficient (Wildman–Crippen LogP) is 2.21. The highest BCUT2D eigenvalue weighted by atomic mass is 15.3. The molecule has 0 atom stereocenters. The molecule has 0 spiro atoms. The van der Waals surface area contributed by atoms with E-state index in [1.807, 2.05) is 17.9 Å². The maximum absolute atomic E-state index is 5.66. The van der Waals surface area contributed by atoms with E-state index in [1.165, 1.54) is 27.9 Å². The van der Waals surface area contributed by atoms with Crippen LogP contribution in [0.5, 0.6) is 0 Å². The molecule has 17 heavy (non-hydrogen) atoms. The third-order valence-corrected chi connectivity index (χ3v) is 3.11. The summed E-state index contributed by atoms with van der Waals surface area (Å²) in [5.74, 6) is 0. The van der Waals surface area contributed by atoms with E-state index in [2.05, 4.69) is 37.1 Å². The Morgan fingerprint density at radius 2 is 2.00 bits per heavy atom. The van der Waals surface area contributed by atoms with Crippen LogP contribution in [0.15, 0.2) is 24.4 Å². The van der Waals surface area contributed by atoms with Gasteiger partial charge in [-0.05, 0) is 31.5 Å². The van der Waals surface area contributed by atoms with E-state index in [0.29, 0.717) is 6.54 Å². The van der Waals surface area contributed by atoms with Crippen molar-refractivity contribution < 1.29 is 0 Å². The molecule has 3 nitrogen and oxygen atoms in total. The molecule has 0 unspecified atom stereocenters. The summed E-state index contributed by atoms with van der Waals surface area (Å²) in [6.45, 7) is 4.90. The van der Waals surface area contributed by atoms with Crippen LogP contribution in [-0.4, -0.2) is 16.3 Å². The van der Waals surface area contributed by atoms with Crippen LogP contribution in [0.25, 0.3) is 11.1 Å². The van der Waals surface area contributed by atoms with Crippen LogP contribution in [0.2, 0.25) is 0 Å². The van der Waals surface area contributed by atoms with Gasteiger partial charge < -0.3 is 5.73 Å². The Bertz CT molecular complexity index is 526. The van der Waals surface area contributed by atoms with Gasteiger partial charge in [0, 0.05) is 24.7 Å². The Kier molecular flexibility index (Phi) is 3.29. The van der Waals surface area contributed by atoms with Crippen LogP contribution in [0, 0.1) is 13.8 Å². The summed E-state index contributed by atoms with van der Waals surface area (Å²) in [5, 5.41) is 4.34. The molecule has 0 saturated carbocycles. The summed E-state index contributed by atoms with van der Waals surface area (Å²) in [4.78, 5) is 0. The van der Waals surface area contributed by atoms with Crippen LogP contribution >= 0.6 is 0 Å². The molecule has 3 heteroatoms. The van der Waals surface area contributed by atoms with E-state index < -0.39 is 0 Å². The van der Waals surface area contributed by atoms with Gasteiger partial charge in [-0.3, -0.25) is 4.68 Å². The lowest BCUT2D eigenvalue weighted by Gasteiger charge is -2.08. The number of hydrogen-bond donors (Lipinski definition) is 1. The third kappa shape index (κ3) is 2.24. The SMILES string of the molecule is Cc1ccc(-c2cnn(C)c2CCN)c(C)c1. The number of benzene rings is 1. The second-order valence-electron chi connectivity index (χ2n) is 4.49. The number of aryl methyl sites for hydroxylation is 3. The number of aromatic nitrogens is 2. The average molecular weight is 229 g/mol. The van der Waals surface area contributed by atoms with Gasteiger partial charge in [0.2, 0.25) is 0 Å². The quantitative estimate of drug-likeness (QED) is 0.877. The lowest BCUT2D eigenvalue weighted by molar-refractivity contribution is 0.707. The minimum absolute atomic E-state index is 0.650. The largest absolute Gasteiger partial charge is 0.330 e. The highest BCUT2D eigenvalue weighted by Gasteiger charge is 2.11. The zero-order valence-electron chi connectivity index (χ0n) is 10.7. The summed E-state index contributed by atoms with van der Waals surface area (Å²) in [5.41, 5.74) is 11.9. The van der Waals surface area contributed by atoms with Gasteiger partial charge >= 0.3 is 0 Å². The van der Waals surface area contributed by atoms with Crippen LogP contribution in [0.4, 0.5) is 0 Å². The van der Waals surface area contributed by atoms with E-state index in [9.17, 15) is 0 Å². The maximum atomic E-state index is 5.66. The minimum Gasteiger partial charge on any atom is -0.330 e. The molecule has 2 aromatic rings. The van der Waals surface area contributed by atoms with E-state index in [4.69, 9.17) is 5.73 Å². The number of nitrogens with two attached hydrogens (primary N) is 1. The molecule has 0 aliphatic carbocycles. The van der Waals surface area contributed by atoms with Gasteiger partial charge in [0.05, 0.1) is 6.20 Å². The summed E-state index contributed by atoms with van der Waals surface area (Å²) in [7, 11) is 1.97. The Hall–Kier alpha value is -1.61. The van der Waals surface area contributed by atoms with Crippen molar-refractivity contribution in [2.24, 2.45) is 12.8 Å². The first-order chi connectivity index (χ1) is 8.13. The topological polar surface area (TPSA) is 43.8 Å². The van der Waals surface area contributed by atoms with Gasteiger partial charge in [-0.25, -0.2) is 0 Å². The number of nitrogens with zero attached hydrogens (tertiary/aromatic N) is 2. The first-order valence-electron chi connectivity index (χ1n) is 5.92. The predicted molar refractivity (Wildman–Crippen MR) is 70.9 cm³/mol. The Balaban J connectivity index is 2.52. The smallest absolute Gasteiger partial charge is 0.0571 e. The van der Waals surface area contributed by atoms with Crippen LogP contribution in [0.1, 0.15) is 16.8 Å². The van der Waals surface area contributed by atoms with Crippen molar-refractivity contribution in [3.05, 3.63) is 41.2 Å². The molecule has 90 valence electrons. The summed E-state index contributed by atoms with van der Waals surface area (Å²) in [6.07, 6.45) is 2.79. The maximum Gasteiger partial charge on any atom is 0.0571 e. The van der Waals surface area contributed by atoms with Gasteiger partial charge in [-0.1, -0.05) is 23.8 Å². The normalized spacial score (nSPS) is 10.8. The molecule has 2 rings (SSSR count). The molecule has 1 heterocycles. The van der Waals surface area contributed by atoms with Gasteiger partial charge in [0.25, 0.3) is 0 Å². The van der Waals surface area contributed by atoms with Crippen molar-refractivity contribution >= 4 is 0 Å². The molecule has 2 N–H and O–H groups in total. The lowest BCUT2D eigenvalue weighted by Crippen LogP contribution is -2.08. The van der Waals surface area contributed by atoms with Gasteiger partial charge in [-0.15, -0.1) is 0 Å². The highest BCUT2D eigenvalue weighted by molar-refractivity contribution is 5.69. The average Bonchev–Trinajstić information content (AvgIpc) is 2.62. The Morgan fingerprint density at radius 1 is 1.24 bits per heavy atom. The van der Waals surface area contributed by atoms with Crippen LogP contribution in [-0.2, 0) is 13.5 Å². The summed E-state index contributed by atoms with van der Waals surface area (Å²) >= 11 is 0. The molecule has 0 saturated heterocycles. The van der Waals surface area contributed by atoms with Crippen molar-refractivity contribution in [3.8, 4) is 11.1 Å². The van der Waals surface area contributed by atoms with Crippen LogP contribution in [0.3, 0.4) is 0 Å². The zero-order chi connectivity index (χ0) is 12.4. The van der Waals surface area contributed by atoms with Gasteiger partial charge in [-0.2, -0.15) is 5.10 Å². The molecule has 0 fully saturated rings. The van der Waals surface area contributed by atoms with E-state index in [1.54, 1.807) is 0 Å². The number of hydrogen-bond acceptors (Lipinski definition) is 2. The number of rotatable bonds is 3. The third-order valence-electron chi connectivity index (χ3n) is 3.11. The second kappa shape index (κ2) is 4.72. The molecule has 0 bridgehead atoms. The lowest BCUT2D eigenvalue weighted by atomic mass is 9.98. The Labute approximate surface area is 102 Å².